The molecule has 2 aromatic rings. The van der Waals surface area contributed by atoms with E-state index in [9.17, 15) is 9.18 Å². The van der Waals surface area contributed by atoms with Crippen LogP contribution < -0.4 is 0 Å². The minimum Gasteiger partial charge on any atom is -0.465 e. The second-order valence-electron chi connectivity index (χ2n) is 4.64. The van der Waals surface area contributed by atoms with Gasteiger partial charge in [0.15, 0.2) is 11.0 Å². The quantitative estimate of drug-likeness (QED) is 0.885. The number of aromatic nitrogens is 3. The van der Waals surface area contributed by atoms with E-state index in [4.69, 9.17) is 16.7 Å². The number of hydrogen-bond donors (Lipinski definition) is 1. The van der Waals surface area contributed by atoms with E-state index in [0.717, 1.165) is 4.90 Å². The highest BCUT2D eigenvalue weighted by molar-refractivity contribution is 6.29. The molecule has 2 heterocycles. The second-order valence-corrected chi connectivity index (χ2v) is 5.00. The standard InChI is InChI=1S/C13H14ClFN4O2/c1-7(19(3)13(20)21)9-6-18(2)17-11(9)8-4-5-16-12(14)10(8)15/h4-7H,1-3H3,(H,20,21). The third-order valence-corrected chi connectivity index (χ3v) is 3.56. The first-order valence-electron chi connectivity index (χ1n) is 6.12. The first-order chi connectivity index (χ1) is 9.82. The zero-order chi connectivity index (χ0) is 15.7. The van der Waals surface area contributed by atoms with Crippen LogP contribution in [0.4, 0.5) is 9.18 Å². The molecule has 0 fully saturated rings. The van der Waals surface area contributed by atoms with E-state index in [-0.39, 0.29) is 10.7 Å². The fraction of sp³-hybridized carbons (Fsp3) is 0.308. The van der Waals surface area contributed by atoms with Crippen LogP contribution in [0.25, 0.3) is 11.3 Å². The van der Waals surface area contributed by atoms with Crippen LogP contribution in [0.3, 0.4) is 0 Å². The van der Waals surface area contributed by atoms with Gasteiger partial charge in [0.2, 0.25) is 0 Å². The Morgan fingerprint density at radius 1 is 1.57 bits per heavy atom. The molecule has 0 aliphatic carbocycles. The Hall–Kier alpha value is -2.15. The molecule has 0 aliphatic rings. The first kappa shape index (κ1) is 15.2. The normalized spacial score (nSPS) is 12.2. The van der Waals surface area contributed by atoms with Gasteiger partial charge in [-0.25, -0.2) is 14.2 Å². The van der Waals surface area contributed by atoms with Crippen molar-refractivity contribution in [3.8, 4) is 11.3 Å². The average molecular weight is 313 g/mol. The maximum Gasteiger partial charge on any atom is 0.407 e. The second kappa shape index (κ2) is 5.69. The van der Waals surface area contributed by atoms with Crippen LogP contribution in [-0.4, -0.2) is 37.9 Å². The molecule has 2 rings (SSSR count). The van der Waals surface area contributed by atoms with Gasteiger partial charge >= 0.3 is 6.09 Å². The Morgan fingerprint density at radius 3 is 2.86 bits per heavy atom. The number of hydrogen-bond acceptors (Lipinski definition) is 3. The largest absolute Gasteiger partial charge is 0.465 e. The third kappa shape index (κ3) is 2.82. The minimum absolute atomic E-state index is 0.191. The summed E-state index contributed by atoms with van der Waals surface area (Å²) in [5.74, 6) is -0.677. The molecule has 112 valence electrons. The Bertz CT molecular complexity index is 689. The summed E-state index contributed by atoms with van der Waals surface area (Å²) < 4.78 is 15.6. The highest BCUT2D eigenvalue weighted by Gasteiger charge is 2.24. The molecule has 1 N–H and O–H groups in total. The summed E-state index contributed by atoms with van der Waals surface area (Å²) in [6, 6.07) is 0.970. The summed E-state index contributed by atoms with van der Waals surface area (Å²) in [6.07, 6.45) is 1.96. The van der Waals surface area contributed by atoms with E-state index in [2.05, 4.69) is 10.1 Å². The maximum atomic E-state index is 14.1. The fourth-order valence-electron chi connectivity index (χ4n) is 2.00. The molecule has 8 heteroatoms. The van der Waals surface area contributed by atoms with Crippen molar-refractivity contribution in [2.75, 3.05) is 7.05 Å². The van der Waals surface area contributed by atoms with Crippen LogP contribution in [-0.2, 0) is 7.05 Å². The smallest absolute Gasteiger partial charge is 0.407 e. The molecular formula is C13H14ClFN4O2. The Kier molecular flexibility index (Phi) is 4.13. The molecule has 0 saturated carbocycles. The molecule has 2 aromatic heterocycles. The van der Waals surface area contributed by atoms with Crippen LogP contribution in [0, 0.1) is 5.82 Å². The molecule has 1 atom stereocenters. The van der Waals surface area contributed by atoms with Gasteiger partial charge in [0.05, 0.1) is 6.04 Å². The van der Waals surface area contributed by atoms with Crippen molar-refractivity contribution in [2.45, 2.75) is 13.0 Å². The highest BCUT2D eigenvalue weighted by atomic mass is 35.5. The third-order valence-electron chi connectivity index (χ3n) is 3.29. The molecule has 0 aliphatic heterocycles. The number of rotatable bonds is 3. The molecule has 0 bridgehead atoms. The molecule has 0 saturated heterocycles. The van der Waals surface area contributed by atoms with Crippen LogP contribution in [0.5, 0.6) is 0 Å². The summed E-state index contributed by atoms with van der Waals surface area (Å²) in [4.78, 5) is 15.9. The average Bonchev–Trinajstić information content (AvgIpc) is 2.81. The van der Waals surface area contributed by atoms with Crippen molar-refractivity contribution < 1.29 is 14.3 Å². The van der Waals surface area contributed by atoms with Crippen molar-refractivity contribution in [1.29, 1.82) is 0 Å². The van der Waals surface area contributed by atoms with E-state index in [0.29, 0.717) is 11.3 Å². The van der Waals surface area contributed by atoms with E-state index >= 15 is 0 Å². The summed E-state index contributed by atoms with van der Waals surface area (Å²) in [6.45, 7) is 1.70. The van der Waals surface area contributed by atoms with Gasteiger partial charge in [-0.05, 0) is 13.0 Å². The van der Waals surface area contributed by atoms with Crippen molar-refractivity contribution in [1.82, 2.24) is 19.7 Å². The number of pyridine rings is 1. The lowest BCUT2D eigenvalue weighted by Crippen LogP contribution is -2.28. The van der Waals surface area contributed by atoms with Crippen LogP contribution >= 0.6 is 11.6 Å². The molecule has 0 radical (unpaired) electrons. The lowest BCUT2D eigenvalue weighted by atomic mass is 10.0. The molecule has 0 aromatic carbocycles. The van der Waals surface area contributed by atoms with Gasteiger partial charge in [-0.1, -0.05) is 11.6 Å². The zero-order valence-corrected chi connectivity index (χ0v) is 12.5. The zero-order valence-electron chi connectivity index (χ0n) is 11.7. The minimum atomic E-state index is -1.08. The van der Waals surface area contributed by atoms with E-state index in [1.54, 1.807) is 20.2 Å². The van der Waals surface area contributed by atoms with E-state index in [1.165, 1.54) is 24.0 Å². The molecule has 0 spiro atoms. The summed E-state index contributed by atoms with van der Waals surface area (Å²) >= 11 is 5.69. The van der Waals surface area contributed by atoms with E-state index < -0.39 is 18.0 Å². The number of carboxylic acid groups (broad SMARTS) is 1. The number of carbonyl (C=O) groups is 1. The Labute approximate surface area is 125 Å². The predicted octanol–water partition coefficient (Wildman–Crippen LogP) is 2.95. The SMILES string of the molecule is CC(c1cn(C)nc1-c1ccnc(Cl)c1F)N(C)C(=O)O. The van der Waals surface area contributed by atoms with Gasteiger partial charge in [0, 0.05) is 37.6 Å². The molecule has 21 heavy (non-hydrogen) atoms. The fourth-order valence-corrected chi connectivity index (χ4v) is 2.16. The topological polar surface area (TPSA) is 71.2 Å². The van der Waals surface area contributed by atoms with Gasteiger partial charge in [0.25, 0.3) is 0 Å². The molecule has 1 unspecified atom stereocenters. The highest BCUT2D eigenvalue weighted by Crippen LogP contribution is 2.32. The van der Waals surface area contributed by atoms with Crippen LogP contribution in [0.1, 0.15) is 18.5 Å². The van der Waals surface area contributed by atoms with Gasteiger partial charge in [-0.3, -0.25) is 4.68 Å². The molecule has 1 amide bonds. The first-order valence-corrected chi connectivity index (χ1v) is 6.50. The van der Waals surface area contributed by atoms with Crippen molar-refractivity contribution in [2.24, 2.45) is 7.05 Å². The van der Waals surface area contributed by atoms with Gasteiger partial charge in [-0.2, -0.15) is 5.10 Å². The number of aryl methyl sites for hydroxylation is 1. The predicted molar refractivity (Wildman–Crippen MR) is 75.6 cm³/mol. The molecular weight excluding hydrogens is 299 g/mol. The lowest BCUT2D eigenvalue weighted by Gasteiger charge is -2.21. The monoisotopic (exact) mass is 312 g/mol. The van der Waals surface area contributed by atoms with Gasteiger partial charge in [-0.15, -0.1) is 0 Å². The maximum absolute atomic E-state index is 14.1. The number of nitrogens with zero attached hydrogens (tertiary/aromatic N) is 4. The number of amides is 1. The lowest BCUT2D eigenvalue weighted by molar-refractivity contribution is 0.142. The Balaban J connectivity index is 2.56. The van der Waals surface area contributed by atoms with Crippen molar-refractivity contribution >= 4 is 17.7 Å². The Morgan fingerprint density at radius 2 is 2.24 bits per heavy atom. The summed E-state index contributed by atoms with van der Waals surface area (Å²) in [5, 5.41) is 13.0. The molecule has 6 nitrogen and oxygen atoms in total. The van der Waals surface area contributed by atoms with E-state index in [1.807, 2.05) is 0 Å². The van der Waals surface area contributed by atoms with Gasteiger partial charge in [0.1, 0.15) is 5.69 Å². The van der Waals surface area contributed by atoms with Crippen LogP contribution in [0.15, 0.2) is 18.5 Å². The summed E-state index contributed by atoms with van der Waals surface area (Å²) in [5.41, 5.74) is 1.12. The van der Waals surface area contributed by atoms with Gasteiger partial charge < -0.3 is 10.0 Å². The van der Waals surface area contributed by atoms with Crippen LogP contribution in [0.2, 0.25) is 5.15 Å². The number of halogens is 2. The van der Waals surface area contributed by atoms with Crippen molar-refractivity contribution in [3.63, 3.8) is 0 Å². The summed E-state index contributed by atoms with van der Waals surface area (Å²) in [7, 11) is 3.13. The van der Waals surface area contributed by atoms with Crippen molar-refractivity contribution in [3.05, 3.63) is 35.0 Å².